The first-order valence-corrected chi connectivity index (χ1v) is 7.77. The molecule has 2 heterocycles. The third kappa shape index (κ3) is 2.89. The van der Waals surface area contributed by atoms with Crippen LogP contribution in [0.25, 0.3) is 15.9 Å². The summed E-state index contributed by atoms with van der Waals surface area (Å²) in [7, 11) is -4.80. The van der Waals surface area contributed by atoms with E-state index in [1.165, 1.54) is 19.2 Å². The summed E-state index contributed by atoms with van der Waals surface area (Å²) in [6, 6.07) is 2.70. The van der Waals surface area contributed by atoms with E-state index in [-0.39, 0.29) is 15.6 Å². The molecule has 0 aliphatic heterocycles. The normalized spacial score (nSPS) is 12.2. The van der Waals surface area contributed by atoms with Gasteiger partial charge in [0.1, 0.15) is 10.1 Å². The van der Waals surface area contributed by atoms with Crippen molar-refractivity contribution in [1.82, 2.24) is 9.55 Å². The minimum Gasteiger partial charge on any atom is -0.385 e. The van der Waals surface area contributed by atoms with Crippen molar-refractivity contribution in [3.63, 3.8) is 0 Å². The number of aryl methyl sites for hydroxylation is 1. The van der Waals surface area contributed by atoms with Crippen molar-refractivity contribution in [2.45, 2.75) is 5.51 Å². The number of fused-ring (bicyclic) bond motifs is 1. The Morgan fingerprint density at radius 2 is 2.00 bits per heavy atom. The average molecular weight is 412 g/mol. The van der Waals surface area contributed by atoms with E-state index in [0.717, 1.165) is 4.57 Å². The number of hydrogen-bond donors (Lipinski definition) is 0. The summed E-state index contributed by atoms with van der Waals surface area (Å²) in [5.74, 6) is -1.06. The molecule has 12 heteroatoms. The molecule has 0 fully saturated rings. The minimum absolute atomic E-state index is 0.00188. The van der Waals surface area contributed by atoms with Crippen LogP contribution in [0.1, 0.15) is 0 Å². The van der Waals surface area contributed by atoms with Crippen LogP contribution in [-0.2, 0) is 17.2 Å². The van der Waals surface area contributed by atoms with E-state index in [2.05, 4.69) is 29.9 Å². The van der Waals surface area contributed by atoms with Gasteiger partial charge in [-0.1, -0.05) is 0 Å². The van der Waals surface area contributed by atoms with Gasteiger partial charge in [-0.2, -0.15) is 21.6 Å². The van der Waals surface area contributed by atoms with Crippen LogP contribution < -0.4 is 9.74 Å². The van der Waals surface area contributed by atoms with Crippen LogP contribution >= 0.6 is 15.9 Å². The van der Waals surface area contributed by atoms with Crippen molar-refractivity contribution in [1.29, 1.82) is 0 Å². The molecule has 0 amide bonds. The molecule has 2 rings (SSSR count). The number of nitrogens with zero attached hydrogens (tertiary/aromatic N) is 3. The number of pyridine rings is 2. The molecule has 0 aromatic carbocycles. The van der Waals surface area contributed by atoms with E-state index in [9.17, 15) is 26.4 Å². The monoisotopic (exact) mass is 411 g/mol. The zero-order chi connectivity index (χ0) is 17.6. The van der Waals surface area contributed by atoms with E-state index >= 15 is 0 Å². The van der Waals surface area contributed by atoms with Gasteiger partial charge in [-0.15, -0.1) is 0 Å². The van der Waals surface area contributed by atoms with Gasteiger partial charge in [0.15, 0.2) is 5.75 Å². The highest BCUT2D eigenvalue weighted by molar-refractivity contribution is 9.10. The lowest BCUT2D eigenvalue weighted by molar-refractivity contribution is -0.0499. The maximum atomic E-state index is 12.5. The molecule has 122 valence electrons. The van der Waals surface area contributed by atoms with Crippen LogP contribution in [0.5, 0.6) is 5.75 Å². The lowest BCUT2D eigenvalue weighted by atomic mass is 10.2. The molecule has 0 N–H and O–H groups in total. The van der Waals surface area contributed by atoms with Crippen molar-refractivity contribution in [3.8, 4) is 5.75 Å². The van der Waals surface area contributed by atoms with Crippen molar-refractivity contribution in [2.75, 3.05) is 0 Å². The van der Waals surface area contributed by atoms with Gasteiger partial charge in [-0.25, -0.2) is 9.83 Å². The topological polar surface area (TPSA) is 82.6 Å². The second-order valence-electron chi connectivity index (χ2n) is 4.14. The van der Waals surface area contributed by atoms with Crippen LogP contribution in [0.3, 0.4) is 0 Å². The van der Waals surface area contributed by atoms with Gasteiger partial charge in [0.25, 0.3) is 11.2 Å². The summed E-state index contributed by atoms with van der Waals surface area (Å²) in [5, 5.41) is 0. The number of alkyl halides is 3. The second-order valence-corrected chi connectivity index (χ2v) is 6.49. The Morgan fingerprint density at radius 1 is 1.39 bits per heavy atom. The van der Waals surface area contributed by atoms with Crippen molar-refractivity contribution in [3.05, 3.63) is 38.5 Å². The quantitative estimate of drug-likeness (QED) is 0.328. The molecule has 0 atom stereocenters. The Kier molecular flexibility index (Phi) is 4.12. The lowest BCUT2D eigenvalue weighted by Crippen LogP contribution is -2.29. The van der Waals surface area contributed by atoms with Gasteiger partial charge >= 0.3 is 15.6 Å². The van der Waals surface area contributed by atoms with E-state index in [0.29, 0.717) is 0 Å². The molecule has 23 heavy (non-hydrogen) atoms. The van der Waals surface area contributed by atoms with Crippen LogP contribution in [0.4, 0.5) is 18.9 Å². The van der Waals surface area contributed by atoms with Gasteiger partial charge in [0.2, 0.25) is 0 Å². The molecule has 0 saturated carbocycles. The fourth-order valence-corrected chi connectivity index (χ4v) is 2.46. The van der Waals surface area contributed by atoms with Crippen molar-refractivity contribution < 1.29 is 25.8 Å². The van der Waals surface area contributed by atoms with Gasteiger partial charge in [-0.3, -0.25) is 4.79 Å². The Morgan fingerprint density at radius 3 is 2.52 bits per heavy atom. The van der Waals surface area contributed by atoms with Gasteiger partial charge in [0, 0.05) is 7.05 Å². The highest BCUT2D eigenvalue weighted by Crippen LogP contribution is 2.36. The predicted octanol–water partition coefficient (Wildman–Crippen LogP) is 2.48. The Hall–Kier alpha value is -2.13. The first kappa shape index (κ1) is 17.2. The highest BCUT2D eigenvalue weighted by Gasteiger charge is 2.49. The molecular weight excluding hydrogens is 407 g/mol. The van der Waals surface area contributed by atoms with Gasteiger partial charge in [-0.05, 0) is 28.1 Å². The lowest BCUT2D eigenvalue weighted by Gasteiger charge is -2.14. The molecular formula is C11H5BrF3N3O4S. The largest absolute Gasteiger partial charge is 0.534 e. The second kappa shape index (κ2) is 5.50. The van der Waals surface area contributed by atoms with Crippen LogP contribution in [-0.4, -0.2) is 23.5 Å². The Balaban J connectivity index is 2.92. The molecule has 0 bridgehead atoms. The fraction of sp³-hybridized carbons (Fsp3) is 0.182. The summed E-state index contributed by atoms with van der Waals surface area (Å²) in [6.07, 6.45) is 0. The van der Waals surface area contributed by atoms with E-state index in [1.807, 2.05) is 0 Å². The number of aromatic nitrogens is 2. The SMILES string of the molecule is [C-]#[N+]c1c(OS(=O)(=O)C(F)(F)F)c2nc(Br)ccc2n(C)c1=O. The Bertz CT molecular complexity index is 1010. The summed E-state index contributed by atoms with van der Waals surface area (Å²) in [6.45, 7) is 6.93. The molecule has 0 spiro atoms. The molecule has 2 aromatic heterocycles. The maximum absolute atomic E-state index is 12.5. The smallest absolute Gasteiger partial charge is 0.385 e. The number of halogens is 4. The van der Waals surface area contributed by atoms with E-state index < -0.39 is 32.6 Å². The Labute approximate surface area is 135 Å². The van der Waals surface area contributed by atoms with Crippen LogP contribution in [0, 0.1) is 6.57 Å². The van der Waals surface area contributed by atoms with E-state index in [4.69, 9.17) is 6.57 Å². The van der Waals surface area contributed by atoms with Crippen molar-refractivity contribution >= 4 is 42.8 Å². The van der Waals surface area contributed by atoms with Gasteiger partial charge < -0.3 is 8.75 Å². The standard InChI is InChI=1S/C11H5BrF3N3O4S/c1-16-8-9(22-23(20,21)11(13,14)15)7-5(18(2)10(8)19)3-4-6(12)17-7/h3-4H,2H3. The number of rotatable bonds is 2. The third-order valence-electron chi connectivity index (χ3n) is 2.73. The summed E-state index contributed by atoms with van der Waals surface area (Å²) < 4.78 is 65.1. The van der Waals surface area contributed by atoms with Crippen LogP contribution in [0.15, 0.2) is 21.5 Å². The summed E-state index contributed by atoms with van der Waals surface area (Å²) in [5.41, 5.74) is -8.02. The predicted molar refractivity (Wildman–Crippen MR) is 76.5 cm³/mol. The number of hydrogen-bond acceptors (Lipinski definition) is 5. The molecule has 0 aliphatic rings. The zero-order valence-electron chi connectivity index (χ0n) is 11.0. The molecule has 0 aliphatic carbocycles. The fourth-order valence-electron chi connectivity index (χ4n) is 1.68. The molecule has 0 radical (unpaired) electrons. The minimum atomic E-state index is -6.06. The summed E-state index contributed by atoms with van der Waals surface area (Å²) >= 11 is 2.97. The maximum Gasteiger partial charge on any atom is 0.534 e. The first-order chi connectivity index (χ1) is 10.5. The zero-order valence-corrected chi connectivity index (χ0v) is 13.5. The van der Waals surface area contributed by atoms with Crippen LogP contribution in [0.2, 0.25) is 0 Å². The first-order valence-electron chi connectivity index (χ1n) is 5.57. The molecule has 2 aromatic rings. The molecule has 7 nitrogen and oxygen atoms in total. The van der Waals surface area contributed by atoms with Crippen molar-refractivity contribution in [2.24, 2.45) is 7.05 Å². The highest BCUT2D eigenvalue weighted by atomic mass is 79.9. The molecule has 0 unspecified atom stereocenters. The average Bonchev–Trinajstić information content (AvgIpc) is 2.43. The van der Waals surface area contributed by atoms with Gasteiger partial charge in [0.05, 0.1) is 12.1 Å². The molecule has 0 saturated heterocycles. The van der Waals surface area contributed by atoms with E-state index in [1.54, 1.807) is 0 Å². The third-order valence-corrected chi connectivity index (χ3v) is 4.12. The summed E-state index contributed by atoms with van der Waals surface area (Å²) in [4.78, 5) is 18.6.